The third kappa shape index (κ3) is 7.62. The highest BCUT2D eigenvalue weighted by atomic mass is 79.9. The molecule has 1 aliphatic heterocycles. The number of benzene rings is 3. The molecule has 0 radical (unpaired) electrons. The molecule has 1 aliphatic rings. The summed E-state index contributed by atoms with van der Waals surface area (Å²) in [5, 5.41) is 11.8. The van der Waals surface area contributed by atoms with Crippen molar-refractivity contribution >= 4 is 62.7 Å². The molecule has 1 saturated heterocycles. The number of furan rings is 1. The summed E-state index contributed by atoms with van der Waals surface area (Å²) in [6, 6.07) is 26.0. The maximum Gasteiger partial charge on any atom is 0.267 e. The summed E-state index contributed by atoms with van der Waals surface area (Å²) in [5.41, 5.74) is 3.32. The number of amidine groups is 1. The van der Waals surface area contributed by atoms with Crippen LogP contribution in [0.4, 0.5) is 5.69 Å². The molecule has 1 fully saturated rings. The Morgan fingerprint density at radius 3 is 2.68 bits per heavy atom. The minimum Gasteiger partial charge on any atom is -0.483 e. The summed E-state index contributed by atoms with van der Waals surface area (Å²) < 4.78 is 12.2. The first-order valence-electron chi connectivity index (χ1n) is 12.6. The SMILES string of the molecule is Cc1ccc(NC(=O)COc2ccccc2/C=C2\S/C(=N/N=C\c3cccc(Br)c3)N(Cc3ccco3)C2=O)cc1. The van der Waals surface area contributed by atoms with Gasteiger partial charge in [-0.2, -0.15) is 5.10 Å². The highest BCUT2D eigenvalue weighted by Gasteiger charge is 2.34. The van der Waals surface area contributed by atoms with Gasteiger partial charge in [-0.3, -0.25) is 14.5 Å². The lowest BCUT2D eigenvalue weighted by atomic mass is 10.2. The van der Waals surface area contributed by atoms with Gasteiger partial charge >= 0.3 is 0 Å². The number of nitrogens with one attached hydrogen (secondary N) is 1. The number of ether oxygens (including phenoxy) is 1. The van der Waals surface area contributed by atoms with E-state index in [4.69, 9.17) is 9.15 Å². The Kier molecular flexibility index (Phi) is 9.12. The monoisotopic (exact) mass is 628 g/mol. The van der Waals surface area contributed by atoms with Crippen LogP contribution in [-0.2, 0) is 16.1 Å². The van der Waals surface area contributed by atoms with E-state index in [1.807, 2.05) is 73.7 Å². The number of halogens is 1. The summed E-state index contributed by atoms with van der Waals surface area (Å²) >= 11 is 4.65. The smallest absolute Gasteiger partial charge is 0.267 e. The third-order valence-electron chi connectivity index (χ3n) is 5.88. The van der Waals surface area contributed by atoms with E-state index in [0.717, 1.165) is 15.6 Å². The van der Waals surface area contributed by atoms with E-state index in [1.165, 1.54) is 16.7 Å². The van der Waals surface area contributed by atoms with Gasteiger partial charge < -0.3 is 14.5 Å². The van der Waals surface area contributed by atoms with E-state index in [0.29, 0.717) is 32.8 Å². The van der Waals surface area contributed by atoms with Crippen molar-refractivity contribution in [2.45, 2.75) is 13.5 Å². The standard InChI is InChI=1S/C31H25BrN4O4S/c1-21-11-13-25(14-12-21)34-29(37)20-40-27-10-3-2-7-23(27)17-28-30(38)36(19-26-9-5-15-39-26)31(41-28)35-33-18-22-6-4-8-24(32)16-22/h2-18H,19-20H2,1H3,(H,34,37)/b28-17-,33-18-,35-31+. The topological polar surface area (TPSA) is 96.5 Å². The van der Waals surface area contributed by atoms with Gasteiger partial charge in [0.05, 0.1) is 23.9 Å². The molecular formula is C31H25BrN4O4S. The zero-order valence-electron chi connectivity index (χ0n) is 22.0. The lowest BCUT2D eigenvalue weighted by Gasteiger charge is -2.12. The molecule has 5 rings (SSSR count). The molecule has 8 nitrogen and oxygen atoms in total. The van der Waals surface area contributed by atoms with Crippen molar-refractivity contribution in [3.05, 3.63) is 123 Å². The number of carbonyl (C=O) groups excluding carboxylic acids is 2. The van der Waals surface area contributed by atoms with Crippen LogP contribution in [-0.4, -0.2) is 34.7 Å². The fourth-order valence-electron chi connectivity index (χ4n) is 3.86. The minimum atomic E-state index is -0.287. The molecule has 0 atom stereocenters. The average molecular weight is 630 g/mol. The van der Waals surface area contributed by atoms with Crippen molar-refractivity contribution in [1.82, 2.24) is 4.90 Å². The van der Waals surface area contributed by atoms with Gasteiger partial charge in [-0.25, -0.2) is 0 Å². The molecule has 4 aromatic rings. The number of nitrogens with zero attached hydrogens (tertiary/aromatic N) is 3. The quantitative estimate of drug-likeness (QED) is 0.124. The summed E-state index contributed by atoms with van der Waals surface area (Å²) in [7, 11) is 0. The number of aryl methyl sites for hydroxylation is 1. The summed E-state index contributed by atoms with van der Waals surface area (Å²) in [4.78, 5) is 27.9. The van der Waals surface area contributed by atoms with E-state index in [9.17, 15) is 9.59 Å². The van der Waals surface area contributed by atoms with E-state index < -0.39 is 0 Å². The molecule has 0 unspecified atom stereocenters. The lowest BCUT2D eigenvalue weighted by molar-refractivity contribution is -0.122. The van der Waals surface area contributed by atoms with Gasteiger partial charge in [0, 0.05) is 15.7 Å². The minimum absolute atomic E-state index is 0.184. The van der Waals surface area contributed by atoms with E-state index in [1.54, 1.807) is 36.8 Å². The molecule has 0 aliphatic carbocycles. The zero-order valence-corrected chi connectivity index (χ0v) is 24.4. The van der Waals surface area contributed by atoms with Crippen molar-refractivity contribution in [1.29, 1.82) is 0 Å². The molecule has 206 valence electrons. The molecule has 0 spiro atoms. The van der Waals surface area contributed by atoms with Crippen molar-refractivity contribution in [3.8, 4) is 5.75 Å². The van der Waals surface area contributed by atoms with E-state index in [-0.39, 0.29) is 25.0 Å². The Balaban J connectivity index is 1.34. The van der Waals surface area contributed by atoms with Crippen LogP contribution in [0.5, 0.6) is 5.75 Å². The molecule has 3 aromatic carbocycles. The van der Waals surface area contributed by atoms with Crippen LogP contribution in [0.3, 0.4) is 0 Å². The first kappa shape index (κ1) is 28.1. The summed E-state index contributed by atoms with van der Waals surface area (Å²) in [6.45, 7) is 2.01. The normalized spacial score (nSPS) is 15.3. The van der Waals surface area contributed by atoms with Gasteiger partial charge in [0.15, 0.2) is 11.8 Å². The van der Waals surface area contributed by atoms with Gasteiger partial charge in [0.2, 0.25) is 0 Å². The second-order valence-electron chi connectivity index (χ2n) is 9.00. The molecule has 0 saturated carbocycles. The van der Waals surface area contributed by atoms with Crippen LogP contribution in [0.25, 0.3) is 6.08 Å². The Hall–Kier alpha value is -4.41. The average Bonchev–Trinajstić information content (AvgIpc) is 3.58. The molecule has 1 aromatic heterocycles. The predicted octanol–water partition coefficient (Wildman–Crippen LogP) is 6.87. The Morgan fingerprint density at radius 1 is 1.07 bits per heavy atom. The van der Waals surface area contributed by atoms with E-state index in [2.05, 4.69) is 31.4 Å². The van der Waals surface area contributed by atoms with Crippen LogP contribution >= 0.6 is 27.7 Å². The molecule has 2 heterocycles. The molecule has 1 N–H and O–H groups in total. The lowest BCUT2D eigenvalue weighted by Crippen LogP contribution is -2.28. The molecule has 41 heavy (non-hydrogen) atoms. The first-order chi connectivity index (χ1) is 19.9. The zero-order chi connectivity index (χ0) is 28.6. The number of amides is 2. The first-order valence-corrected chi connectivity index (χ1v) is 14.2. The maximum absolute atomic E-state index is 13.5. The highest BCUT2D eigenvalue weighted by molar-refractivity contribution is 9.10. The fourth-order valence-corrected chi connectivity index (χ4v) is 5.20. The Bertz CT molecular complexity index is 1630. The van der Waals surface area contributed by atoms with Gasteiger partial charge in [-0.05, 0) is 72.8 Å². The van der Waals surface area contributed by atoms with Crippen LogP contribution in [0.1, 0.15) is 22.5 Å². The molecule has 2 amide bonds. The van der Waals surface area contributed by atoms with Crippen molar-refractivity contribution < 1.29 is 18.7 Å². The summed E-state index contributed by atoms with van der Waals surface area (Å²) in [5.74, 6) is 0.565. The Morgan fingerprint density at radius 2 is 1.90 bits per heavy atom. The van der Waals surface area contributed by atoms with Crippen LogP contribution < -0.4 is 10.1 Å². The number of anilines is 1. The summed E-state index contributed by atoms with van der Waals surface area (Å²) in [6.07, 6.45) is 4.92. The number of hydrogen-bond acceptors (Lipinski definition) is 7. The van der Waals surface area contributed by atoms with Crippen molar-refractivity contribution in [2.24, 2.45) is 10.2 Å². The van der Waals surface area contributed by atoms with Crippen molar-refractivity contribution in [3.63, 3.8) is 0 Å². The maximum atomic E-state index is 13.5. The van der Waals surface area contributed by atoms with Crippen molar-refractivity contribution in [2.75, 3.05) is 11.9 Å². The van der Waals surface area contributed by atoms with E-state index >= 15 is 0 Å². The molecule has 10 heteroatoms. The number of para-hydroxylation sites is 1. The second-order valence-corrected chi connectivity index (χ2v) is 10.9. The van der Waals surface area contributed by atoms with Gasteiger partial charge in [0.25, 0.3) is 11.8 Å². The van der Waals surface area contributed by atoms with Gasteiger partial charge in [-0.1, -0.05) is 64.0 Å². The Labute approximate surface area is 249 Å². The second kappa shape index (κ2) is 13.3. The highest BCUT2D eigenvalue weighted by Crippen LogP contribution is 2.35. The molecular weight excluding hydrogens is 604 g/mol. The predicted molar refractivity (Wildman–Crippen MR) is 166 cm³/mol. The van der Waals surface area contributed by atoms with Crippen LogP contribution in [0.15, 0.2) is 115 Å². The van der Waals surface area contributed by atoms with Gasteiger partial charge in [-0.15, -0.1) is 5.10 Å². The largest absolute Gasteiger partial charge is 0.483 e. The number of rotatable bonds is 9. The van der Waals surface area contributed by atoms with Crippen LogP contribution in [0.2, 0.25) is 0 Å². The fraction of sp³-hybridized carbons (Fsp3) is 0.0968. The third-order valence-corrected chi connectivity index (χ3v) is 7.37. The number of thioether (sulfide) groups is 1. The van der Waals surface area contributed by atoms with Gasteiger partial charge in [0.1, 0.15) is 11.5 Å². The molecule has 0 bridgehead atoms. The van der Waals surface area contributed by atoms with Crippen LogP contribution in [0, 0.1) is 6.92 Å². The number of carbonyl (C=O) groups is 2. The number of hydrogen-bond donors (Lipinski definition) is 1.